The van der Waals surface area contributed by atoms with Crippen LogP contribution in [0.2, 0.25) is 0 Å². The maximum Gasteiger partial charge on any atom is 0.266 e. The second-order valence-electron chi connectivity index (χ2n) is 6.62. The fourth-order valence-corrected chi connectivity index (χ4v) is 3.19. The minimum absolute atomic E-state index is 0.0387. The lowest BCUT2D eigenvalue weighted by molar-refractivity contribution is -0.112. The van der Waals surface area contributed by atoms with Crippen LogP contribution in [0.25, 0.3) is 6.08 Å². The average molecular weight is 392 g/mol. The van der Waals surface area contributed by atoms with E-state index in [1.54, 1.807) is 18.2 Å². The van der Waals surface area contributed by atoms with E-state index in [1.807, 2.05) is 45.0 Å². The van der Waals surface area contributed by atoms with Crippen molar-refractivity contribution in [3.8, 4) is 23.3 Å². The van der Waals surface area contributed by atoms with E-state index in [9.17, 15) is 10.1 Å². The Morgan fingerprint density at radius 3 is 2.69 bits per heavy atom. The molecule has 0 aliphatic carbocycles. The summed E-state index contributed by atoms with van der Waals surface area (Å²) < 4.78 is 17.1. The second kappa shape index (κ2) is 9.16. The first-order chi connectivity index (χ1) is 14.0. The number of carbonyl (C=O) groups excluding carboxylic acids is 1. The van der Waals surface area contributed by atoms with E-state index in [2.05, 4.69) is 5.32 Å². The van der Waals surface area contributed by atoms with Crippen LogP contribution in [0.4, 0.5) is 5.69 Å². The van der Waals surface area contributed by atoms with Gasteiger partial charge in [-0.15, -0.1) is 0 Å². The molecule has 1 atom stereocenters. The third kappa shape index (κ3) is 4.69. The van der Waals surface area contributed by atoms with Crippen LogP contribution in [0.3, 0.4) is 0 Å². The van der Waals surface area contributed by atoms with Crippen molar-refractivity contribution in [1.82, 2.24) is 0 Å². The van der Waals surface area contributed by atoms with Crippen LogP contribution in [-0.2, 0) is 11.2 Å². The first-order valence-electron chi connectivity index (χ1n) is 9.67. The van der Waals surface area contributed by atoms with Crippen LogP contribution in [0, 0.1) is 11.3 Å². The molecule has 1 N–H and O–H groups in total. The Kier molecular flexibility index (Phi) is 6.40. The van der Waals surface area contributed by atoms with Crippen molar-refractivity contribution in [2.75, 3.05) is 18.5 Å². The summed E-state index contributed by atoms with van der Waals surface area (Å²) in [5.41, 5.74) is 2.16. The Hall–Kier alpha value is -3.46. The number of fused-ring (bicyclic) bond motifs is 1. The molecule has 150 valence electrons. The first-order valence-corrected chi connectivity index (χ1v) is 9.67. The van der Waals surface area contributed by atoms with Gasteiger partial charge in [-0.05, 0) is 51.1 Å². The number of anilines is 1. The van der Waals surface area contributed by atoms with E-state index in [4.69, 9.17) is 14.2 Å². The van der Waals surface area contributed by atoms with Crippen LogP contribution in [-0.4, -0.2) is 25.2 Å². The molecule has 2 aromatic carbocycles. The van der Waals surface area contributed by atoms with Gasteiger partial charge in [-0.25, -0.2) is 0 Å². The molecule has 29 heavy (non-hydrogen) atoms. The molecule has 6 nitrogen and oxygen atoms in total. The zero-order valence-corrected chi connectivity index (χ0v) is 16.8. The van der Waals surface area contributed by atoms with Gasteiger partial charge >= 0.3 is 0 Å². The molecule has 3 rings (SSSR count). The molecule has 6 heteroatoms. The fraction of sp³-hybridized carbons (Fsp3) is 0.304. The van der Waals surface area contributed by atoms with Gasteiger partial charge in [0.05, 0.1) is 18.9 Å². The molecular formula is C23H24N2O4. The number of nitrogens with one attached hydrogen (secondary N) is 1. The Balaban J connectivity index is 1.91. The van der Waals surface area contributed by atoms with E-state index < -0.39 is 5.91 Å². The van der Waals surface area contributed by atoms with Gasteiger partial charge in [0.2, 0.25) is 0 Å². The SMILES string of the molecule is CCOc1cc2c(cc1/C=C(\C#N)C(=O)Nc1ccccc1OCC)O[C@@H](C)C2. The molecule has 2 aromatic rings. The predicted molar refractivity (Wildman–Crippen MR) is 111 cm³/mol. The summed E-state index contributed by atoms with van der Waals surface area (Å²) in [4.78, 5) is 12.7. The van der Waals surface area contributed by atoms with Gasteiger partial charge in [0.1, 0.15) is 35.0 Å². The summed E-state index contributed by atoms with van der Waals surface area (Å²) in [7, 11) is 0. The molecular weight excluding hydrogens is 368 g/mol. The topological polar surface area (TPSA) is 80.6 Å². The maximum atomic E-state index is 12.7. The summed E-state index contributed by atoms with van der Waals surface area (Å²) >= 11 is 0. The number of ether oxygens (including phenoxy) is 3. The molecule has 1 amide bonds. The highest BCUT2D eigenvalue weighted by molar-refractivity contribution is 6.10. The van der Waals surface area contributed by atoms with Gasteiger partial charge in [0.15, 0.2) is 0 Å². The van der Waals surface area contributed by atoms with Crippen molar-refractivity contribution in [1.29, 1.82) is 5.26 Å². The molecule has 1 aliphatic rings. The van der Waals surface area contributed by atoms with E-state index in [1.165, 1.54) is 6.08 Å². The van der Waals surface area contributed by atoms with Crippen molar-refractivity contribution in [3.05, 3.63) is 53.1 Å². The summed E-state index contributed by atoms with van der Waals surface area (Å²) in [6.45, 7) is 6.71. The third-order valence-electron chi connectivity index (χ3n) is 4.43. The molecule has 0 bridgehead atoms. The first kappa shape index (κ1) is 20.3. The molecule has 0 aromatic heterocycles. The number of rotatable bonds is 7. The van der Waals surface area contributed by atoms with Gasteiger partial charge in [0, 0.05) is 17.5 Å². The van der Waals surface area contributed by atoms with Crippen molar-refractivity contribution >= 4 is 17.7 Å². The summed E-state index contributed by atoms with van der Waals surface area (Å²) in [6.07, 6.45) is 2.42. The highest BCUT2D eigenvalue weighted by Crippen LogP contribution is 2.36. The number of nitriles is 1. The molecule has 1 heterocycles. The third-order valence-corrected chi connectivity index (χ3v) is 4.43. The summed E-state index contributed by atoms with van der Waals surface area (Å²) in [5, 5.41) is 12.3. The van der Waals surface area contributed by atoms with Crippen LogP contribution >= 0.6 is 0 Å². The minimum atomic E-state index is -0.517. The monoisotopic (exact) mass is 392 g/mol. The zero-order chi connectivity index (χ0) is 20.8. The van der Waals surface area contributed by atoms with E-state index in [-0.39, 0.29) is 11.7 Å². The van der Waals surface area contributed by atoms with Gasteiger partial charge < -0.3 is 19.5 Å². The van der Waals surface area contributed by atoms with Crippen LogP contribution in [0.5, 0.6) is 17.2 Å². The zero-order valence-electron chi connectivity index (χ0n) is 16.8. The van der Waals surface area contributed by atoms with E-state index in [0.29, 0.717) is 36.0 Å². The highest BCUT2D eigenvalue weighted by Gasteiger charge is 2.22. The molecule has 0 saturated carbocycles. The standard InChI is InChI=1S/C23H24N2O4/c1-4-27-20-9-7-6-8-19(20)25-23(26)18(14-24)11-17-13-22-16(10-15(3)29-22)12-21(17)28-5-2/h6-9,11-13,15H,4-5,10H2,1-3H3,(H,25,26)/b18-11+/t15-/m0/s1. The Morgan fingerprint density at radius 2 is 1.97 bits per heavy atom. The molecule has 1 aliphatic heterocycles. The van der Waals surface area contributed by atoms with Crippen molar-refractivity contribution < 1.29 is 19.0 Å². The minimum Gasteiger partial charge on any atom is -0.493 e. The van der Waals surface area contributed by atoms with Crippen molar-refractivity contribution in [2.24, 2.45) is 0 Å². The molecule has 0 saturated heterocycles. The lowest BCUT2D eigenvalue weighted by Crippen LogP contribution is -2.14. The number of hydrogen-bond acceptors (Lipinski definition) is 5. The van der Waals surface area contributed by atoms with Gasteiger partial charge in [-0.3, -0.25) is 4.79 Å². The van der Waals surface area contributed by atoms with Gasteiger partial charge in [0.25, 0.3) is 5.91 Å². The molecule has 0 radical (unpaired) electrons. The Morgan fingerprint density at radius 1 is 1.24 bits per heavy atom. The number of para-hydroxylation sites is 2. The normalized spacial score (nSPS) is 15.1. The summed E-state index contributed by atoms with van der Waals surface area (Å²) in [6, 6.07) is 12.8. The molecule has 0 fully saturated rings. The lowest BCUT2D eigenvalue weighted by Gasteiger charge is -2.12. The van der Waals surface area contributed by atoms with Crippen LogP contribution in [0.1, 0.15) is 31.9 Å². The molecule has 0 spiro atoms. The van der Waals surface area contributed by atoms with Gasteiger partial charge in [-0.1, -0.05) is 12.1 Å². The quantitative estimate of drug-likeness (QED) is 0.560. The van der Waals surface area contributed by atoms with Crippen LogP contribution < -0.4 is 19.5 Å². The number of carbonyl (C=O) groups is 1. The number of hydrogen-bond donors (Lipinski definition) is 1. The van der Waals surface area contributed by atoms with E-state index in [0.717, 1.165) is 17.7 Å². The number of amides is 1. The highest BCUT2D eigenvalue weighted by atomic mass is 16.5. The average Bonchev–Trinajstić information content (AvgIpc) is 3.06. The maximum absolute atomic E-state index is 12.7. The Labute approximate surface area is 170 Å². The van der Waals surface area contributed by atoms with Crippen LogP contribution in [0.15, 0.2) is 42.0 Å². The van der Waals surface area contributed by atoms with E-state index >= 15 is 0 Å². The largest absolute Gasteiger partial charge is 0.493 e. The molecule has 0 unspecified atom stereocenters. The smallest absolute Gasteiger partial charge is 0.266 e. The van der Waals surface area contributed by atoms with Gasteiger partial charge in [-0.2, -0.15) is 5.26 Å². The second-order valence-corrected chi connectivity index (χ2v) is 6.62. The predicted octanol–water partition coefficient (Wildman–Crippen LogP) is 4.35. The lowest BCUT2D eigenvalue weighted by atomic mass is 10.0. The number of nitrogens with zero attached hydrogens (tertiary/aromatic N) is 1. The van der Waals surface area contributed by atoms with Crippen molar-refractivity contribution in [3.63, 3.8) is 0 Å². The fourth-order valence-electron chi connectivity index (χ4n) is 3.19. The summed E-state index contributed by atoms with van der Waals surface area (Å²) in [5.74, 6) is 1.42. The number of benzene rings is 2. The van der Waals surface area contributed by atoms with Crippen molar-refractivity contribution in [2.45, 2.75) is 33.3 Å². The Bertz CT molecular complexity index is 975.